The predicted octanol–water partition coefficient (Wildman–Crippen LogP) is 4.00. The van der Waals surface area contributed by atoms with Gasteiger partial charge in [0.05, 0.1) is 19.3 Å². The smallest absolute Gasteiger partial charge is 0.435 e. The van der Waals surface area contributed by atoms with E-state index in [0.717, 1.165) is 10.2 Å². The van der Waals surface area contributed by atoms with Crippen molar-refractivity contribution < 1.29 is 14.3 Å². The summed E-state index contributed by atoms with van der Waals surface area (Å²) in [6.07, 6.45) is 2.77. The van der Waals surface area contributed by atoms with Crippen molar-refractivity contribution in [3.05, 3.63) is 47.8 Å². The first-order valence-corrected chi connectivity index (χ1v) is 9.68. The number of amides is 1. The molecule has 0 aliphatic carbocycles. The van der Waals surface area contributed by atoms with Gasteiger partial charge in [0.2, 0.25) is 5.91 Å². The number of hydrogen-bond donors (Lipinski definition) is 1. The number of ether oxygens (including phenoxy) is 1. The van der Waals surface area contributed by atoms with E-state index >= 15 is 0 Å². The number of methoxy groups -OCH3 is 1. The molecule has 0 aliphatic heterocycles. The average molecular weight is 389 g/mol. The Morgan fingerprint density at radius 1 is 1.14 bits per heavy atom. The number of benzene rings is 1. The van der Waals surface area contributed by atoms with Crippen molar-refractivity contribution in [2.75, 3.05) is 7.11 Å². The third-order valence-electron chi connectivity index (χ3n) is 3.99. The minimum atomic E-state index is -0.620. The molecule has 0 fully saturated rings. The molecule has 1 aromatic carbocycles. The zero-order valence-corrected chi connectivity index (χ0v) is 17.7. The Bertz CT molecular complexity index is 728. The molecule has 1 N–H and O–H groups in total. The minimum absolute atomic E-state index is 0.0600. The Labute approximate surface area is 167 Å². The molecule has 154 valence electrons. The summed E-state index contributed by atoms with van der Waals surface area (Å²) in [5.74, 6) is -0.148. The second kappa shape index (κ2) is 11.9. The molecule has 2 rings (SSSR count). The number of carbonyl (C=O) groups excluding carboxylic acids is 2. The van der Waals surface area contributed by atoms with E-state index in [9.17, 15) is 9.59 Å². The van der Waals surface area contributed by atoms with Crippen LogP contribution in [0.15, 0.2) is 36.5 Å². The largest absolute Gasteiger partial charge is 0.451 e. The van der Waals surface area contributed by atoms with Crippen molar-refractivity contribution in [2.24, 2.45) is 11.8 Å². The first kappa shape index (κ1) is 23.3. The molecule has 0 bridgehead atoms. The summed E-state index contributed by atoms with van der Waals surface area (Å²) in [7, 11) is 1.27. The van der Waals surface area contributed by atoms with Gasteiger partial charge in [0.15, 0.2) is 0 Å². The molecule has 2 aromatic rings. The van der Waals surface area contributed by atoms with E-state index in [0.29, 0.717) is 12.1 Å². The number of nitrogens with zero attached hydrogens (tertiary/aromatic N) is 3. The molecule has 7 nitrogen and oxygen atoms in total. The van der Waals surface area contributed by atoms with Gasteiger partial charge in [-0.1, -0.05) is 76.6 Å². The van der Waals surface area contributed by atoms with Crippen molar-refractivity contribution in [1.82, 2.24) is 20.3 Å². The summed E-state index contributed by atoms with van der Waals surface area (Å²) in [6.45, 7) is 10.1. The van der Waals surface area contributed by atoms with E-state index in [1.165, 1.54) is 19.7 Å². The SMILES string of the molecule is CCC.COC(=O)n1cc(C(NC(=O)[C@@H](C)Cc2ccccc2)C(C)C)nn1. The summed E-state index contributed by atoms with van der Waals surface area (Å²) < 4.78 is 5.63. The molecule has 2 atom stereocenters. The fraction of sp³-hybridized carbons (Fsp3) is 0.524. The van der Waals surface area contributed by atoms with Gasteiger partial charge >= 0.3 is 6.09 Å². The number of rotatable bonds is 6. The van der Waals surface area contributed by atoms with Gasteiger partial charge in [0.25, 0.3) is 0 Å². The lowest BCUT2D eigenvalue weighted by atomic mass is 9.97. The molecule has 28 heavy (non-hydrogen) atoms. The highest BCUT2D eigenvalue weighted by Crippen LogP contribution is 2.20. The van der Waals surface area contributed by atoms with Crippen molar-refractivity contribution in [3.8, 4) is 0 Å². The van der Waals surface area contributed by atoms with Crippen LogP contribution in [0.4, 0.5) is 4.79 Å². The van der Waals surface area contributed by atoms with Crippen molar-refractivity contribution >= 4 is 12.0 Å². The summed E-state index contributed by atoms with van der Waals surface area (Å²) in [5, 5.41) is 10.8. The van der Waals surface area contributed by atoms with E-state index in [2.05, 4.69) is 34.2 Å². The zero-order valence-electron chi connectivity index (χ0n) is 17.7. The molecule has 0 saturated carbocycles. The van der Waals surface area contributed by atoms with Crippen LogP contribution in [0.5, 0.6) is 0 Å². The minimum Gasteiger partial charge on any atom is -0.451 e. The van der Waals surface area contributed by atoms with Gasteiger partial charge in [0.1, 0.15) is 5.69 Å². The van der Waals surface area contributed by atoms with Crippen LogP contribution in [0, 0.1) is 11.8 Å². The van der Waals surface area contributed by atoms with E-state index in [4.69, 9.17) is 0 Å². The maximum Gasteiger partial charge on any atom is 0.435 e. The number of nitrogens with one attached hydrogen (secondary N) is 1. The van der Waals surface area contributed by atoms with Gasteiger partial charge in [-0.2, -0.15) is 4.68 Å². The predicted molar refractivity (Wildman–Crippen MR) is 109 cm³/mol. The van der Waals surface area contributed by atoms with Crippen molar-refractivity contribution in [1.29, 1.82) is 0 Å². The topological polar surface area (TPSA) is 86.1 Å². The van der Waals surface area contributed by atoms with Gasteiger partial charge < -0.3 is 10.1 Å². The van der Waals surface area contributed by atoms with Crippen molar-refractivity contribution in [3.63, 3.8) is 0 Å². The summed E-state index contributed by atoms with van der Waals surface area (Å²) in [6, 6.07) is 9.55. The molecule has 0 aliphatic rings. The van der Waals surface area contributed by atoms with Crippen LogP contribution >= 0.6 is 0 Å². The van der Waals surface area contributed by atoms with Crippen LogP contribution in [0.25, 0.3) is 0 Å². The van der Waals surface area contributed by atoms with Crippen molar-refractivity contribution in [2.45, 2.75) is 53.5 Å². The van der Waals surface area contributed by atoms with Gasteiger partial charge in [-0.3, -0.25) is 4.79 Å². The van der Waals surface area contributed by atoms with E-state index in [1.807, 2.05) is 51.1 Å². The first-order chi connectivity index (χ1) is 13.3. The lowest BCUT2D eigenvalue weighted by Crippen LogP contribution is -2.36. The maximum absolute atomic E-state index is 12.6. The Morgan fingerprint density at radius 3 is 2.29 bits per heavy atom. The first-order valence-electron chi connectivity index (χ1n) is 9.68. The van der Waals surface area contributed by atoms with Crippen LogP contribution in [0.2, 0.25) is 0 Å². The molecule has 1 heterocycles. The van der Waals surface area contributed by atoms with Gasteiger partial charge in [-0.05, 0) is 17.9 Å². The third-order valence-corrected chi connectivity index (χ3v) is 3.99. The number of carbonyl (C=O) groups is 2. The van der Waals surface area contributed by atoms with E-state index in [1.54, 1.807) is 0 Å². The fourth-order valence-corrected chi connectivity index (χ4v) is 2.54. The molecule has 1 aromatic heterocycles. The highest BCUT2D eigenvalue weighted by molar-refractivity contribution is 5.79. The summed E-state index contributed by atoms with van der Waals surface area (Å²) in [5.41, 5.74) is 1.64. The molecular formula is C21H32N4O3. The fourth-order valence-electron chi connectivity index (χ4n) is 2.54. The Kier molecular flexibility index (Phi) is 9.92. The van der Waals surface area contributed by atoms with Crippen LogP contribution in [-0.2, 0) is 16.0 Å². The standard InChI is InChI=1S/C18H24N4O3.C3H8/c1-12(2)16(15-11-22(21-20-15)18(24)25-4)19-17(23)13(3)10-14-8-6-5-7-9-14;1-3-2/h5-9,11-13,16H,10H2,1-4H3,(H,19,23);3H2,1-2H3/t13-,16?;/m0./s1. The lowest BCUT2D eigenvalue weighted by molar-refractivity contribution is -0.125. The quantitative estimate of drug-likeness (QED) is 0.808. The third kappa shape index (κ3) is 7.13. The van der Waals surface area contributed by atoms with E-state index in [-0.39, 0.29) is 23.8 Å². The van der Waals surface area contributed by atoms with Gasteiger partial charge in [0, 0.05) is 5.92 Å². The molecule has 7 heteroatoms. The van der Waals surface area contributed by atoms with Gasteiger partial charge in [-0.15, -0.1) is 5.10 Å². The normalized spacial score (nSPS) is 12.5. The van der Waals surface area contributed by atoms with Crippen LogP contribution < -0.4 is 5.32 Å². The molecule has 1 amide bonds. The Hall–Kier alpha value is -2.70. The van der Waals surface area contributed by atoms with Crippen LogP contribution in [0.1, 0.15) is 58.3 Å². The maximum atomic E-state index is 12.6. The second-order valence-electron chi connectivity index (χ2n) is 7.09. The highest BCUT2D eigenvalue weighted by Gasteiger charge is 2.25. The Balaban J connectivity index is 0.00000122. The van der Waals surface area contributed by atoms with Crippen LogP contribution in [0.3, 0.4) is 0 Å². The molecule has 0 spiro atoms. The zero-order chi connectivity index (χ0) is 21.1. The van der Waals surface area contributed by atoms with E-state index < -0.39 is 6.09 Å². The van der Waals surface area contributed by atoms with Crippen LogP contribution in [-0.4, -0.2) is 34.1 Å². The second-order valence-corrected chi connectivity index (χ2v) is 7.09. The lowest BCUT2D eigenvalue weighted by Gasteiger charge is -2.22. The molecule has 0 radical (unpaired) electrons. The number of hydrogen-bond acceptors (Lipinski definition) is 5. The molecular weight excluding hydrogens is 356 g/mol. The van der Waals surface area contributed by atoms with Gasteiger partial charge in [-0.25, -0.2) is 4.79 Å². The summed E-state index contributed by atoms with van der Waals surface area (Å²) >= 11 is 0. The monoisotopic (exact) mass is 388 g/mol. The Morgan fingerprint density at radius 2 is 1.75 bits per heavy atom. The average Bonchev–Trinajstić information content (AvgIpc) is 3.16. The molecule has 1 unspecified atom stereocenters. The molecule has 0 saturated heterocycles. The summed E-state index contributed by atoms with van der Waals surface area (Å²) in [4.78, 5) is 24.1. The number of aromatic nitrogens is 3. The highest BCUT2D eigenvalue weighted by atomic mass is 16.5.